The quantitative estimate of drug-likeness (QED) is 0.432. The van der Waals surface area contributed by atoms with Crippen LogP contribution >= 0.6 is 23.2 Å². The zero-order valence-corrected chi connectivity index (χ0v) is 16.6. The molecule has 0 amide bonds. The van der Waals surface area contributed by atoms with Crippen molar-refractivity contribution in [1.82, 2.24) is 0 Å². The Morgan fingerprint density at radius 1 is 1.04 bits per heavy atom. The van der Waals surface area contributed by atoms with Crippen LogP contribution in [0, 0.1) is 13.8 Å². The van der Waals surface area contributed by atoms with Crippen LogP contribution in [0.3, 0.4) is 0 Å². The van der Waals surface area contributed by atoms with E-state index in [1.165, 1.54) is 0 Å². The number of nitrogens with one attached hydrogen (secondary N) is 1. The fourth-order valence-electron chi connectivity index (χ4n) is 2.34. The van der Waals surface area contributed by atoms with E-state index < -0.39 is 0 Å². The van der Waals surface area contributed by atoms with E-state index in [9.17, 15) is 0 Å². The number of aryl methyl sites for hydroxylation is 2. The van der Waals surface area contributed by atoms with Gasteiger partial charge in [-0.05, 0) is 55.7 Å². The van der Waals surface area contributed by atoms with Crippen molar-refractivity contribution in [1.29, 1.82) is 0 Å². The standard InChI is InChI=1S/C20H24Cl2N2O/c1-5-9-23-20(6-2)24-18-10-14(4)19(11-13(18)3)25-15-7-8-16(21)17(22)12-15/h7-8,10-12H,5-6,9H2,1-4H3,(H,23,24). The Morgan fingerprint density at radius 3 is 2.44 bits per heavy atom. The van der Waals surface area contributed by atoms with Gasteiger partial charge in [0.1, 0.15) is 17.3 Å². The average Bonchev–Trinajstić information content (AvgIpc) is 2.58. The third-order valence-corrected chi connectivity index (χ3v) is 4.52. The number of halogens is 2. The Hall–Kier alpha value is -1.71. The zero-order chi connectivity index (χ0) is 18.4. The first-order chi connectivity index (χ1) is 11.9. The Labute approximate surface area is 160 Å². The third kappa shape index (κ3) is 5.38. The maximum Gasteiger partial charge on any atom is 0.130 e. The second kappa shape index (κ2) is 9.12. The molecule has 0 aliphatic carbocycles. The van der Waals surface area contributed by atoms with Crippen molar-refractivity contribution in [2.24, 2.45) is 4.99 Å². The molecule has 25 heavy (non-hydrogen) atoms. The molecule has 2 rings (SSSR count). The van der Waals surface area contributed by atoms with Gasteiger partial charge in [0.05, 0.1) is 10.0 Å². The predicted octanol–water partition coefficient (Wildman–Crippen LogP) is 7.03. The maximum atomic E-state index is 6.06. The van der Waals surface area contributed by atoms with Gasteiger partial charge in [0.15, 0.2) is 0 Å². The van der Waals surface area contributed by atoms with Crippen molar-refractivity contribution in [3.05, 3.63) is 51.5 Å². The normalized spacial score (nSPS) is 11.5. The van der Waals surface area contributed by atoms with Gasteiger partial charge >= 0.3 is 0 Å². The van der Waals surface area contributed by atoms with Crippen LogP contribution in [0.2, 0.25) is 10.0 Å². The number of benzene rings is 2. The molecule has 0 saturated heterocycles. The van der Waals surface area contributed by atoms with E-state index in [4.69, 9.17) is 27.9 Å². The number of hydrogen-bond acceptors (Lipinski definition) is 2. The summed E-state index contributed by atoms with van der Waals surface area (Å²) < 4.78 is 5.98. The molecule has 134 valence electrons. The molecule has 1 N–H and O–H groups in total. The number of amidine groups is 1. The highest BCUT2D eigenvalue weighted by Gasteiger charge is 2.09. The molecule has 0 bridgehead atoms. The highest BCUT2D eigenvalue weighted by Crippen LogP contribution is 2.33. The monoisotopic (exact) mass is 378 g/mol. The number of ether oxygens (including phenoxy) is 1. The lowest BCUT2D eigenvalue weighted by molar-refractivity contribution is 0.478. The Balaban J connectivity index is 2.22. The number of hydrogen-bond donors (Lipinski definition) is 1. The fourth-order valence-corrected chi connectivity index (χ4v) is 2.63. The van der Waals surface area contributed by atoms with Crippen LogP contribution < -0.4 is 10.1 Å². The van der Waals surface area contributed by atoms with Gasteiger partial charge in [0.2, 0.25) is 0 Å². The van der Waals surface area contributed by atoms with Crippen molar-refractivity contribution < 1.29 is 4.74 Å². The molecule has 2 aromatic carbocycles. The van der Waals surface area contributed by atoms with Crippen LogP contribution in [0.4, 0.5) is 5.69 Å². The molecule has 0 saturated carbocycles. The number of anilines is 1. The molecule has 0 atom stereocenters. The van der Waals surface area contributed by atoms with Crippen LogP contribution in [0.15, 0.2) is 35.3 Å². The topological polar surface area (TPSA) is 33.6 Å². The number of rotatable bonds is 6. The third-order valence-electron chi connectivity index (χ3n) is 3.78. The minimum atomic E-state index is 0.478. The van der Waals surface area contributed by atoms with E-state index in [-0.39, 0.29) is 0 Å². The van der Waals surface area contributed by atoms with E-state index in [0.29, 0.717) is 15.8 Å². The highest BCUT2D eigenvalue weighted by molar-refractivity contribution is 6.42. The summed E-state index contributed by atoms with van der Waals surface area (Å²) in [5.41, 5.74) is 3.18. The molecule has 0 heterocycles. The predicted molar refractivity (Wildman–Crippen MR) is 109 cm³/mol. The molecule has 0 fully saturated rings. The minimum Gasteiger partial charge on any atom is -0.457 e. The smallest absolute Gasteiger partial charge is 0.130 e. The van der Waals surface area contributed by atoms with E-state index >= 15 is 0 Å². The van der Waals surface area contributed by atoms with Crippen molar-refractivity contribution in [3.8, 4) is 11.5 Å². The van der Waals surface area contributed by atoms with Gasteiger partial charge in [0.25, 0.3) is 0 Å². The summed E-state index contributed by atoms with van der Waals surface area (Å²) in [6.45, 7) is 9.14. The maximum absolute atomic E-state index is 6.06. The summed E-state index contributed by atoms with van der Waals surface area (Å²) in [5.74, 6) is 2.46. The molecular weight excluding hydrogens is 355 g/mol. The van der Waals surface area contributed by atoms with Crippen LogP contribution in [0.5, 0.6) is 11.5 Å². The van der Waals surface area contributed by atoms with E-state index in [0.717, 1.165) is 47.8 Å². The van der Waals surface area contributed by atoms with Gasteiger partial charge in [-0.2, -0.15) is 0 Å². The van der Waals surface area contributed by atoms with Gasteiger partial charge in [0, 0.05) is 24.7 Å². The van der Waals surface area contributed by atoms with Crippen LogP contribution in [-0.2, 0) is 0 Å². The fraction of sp³-hybridized carbons (Fsp3) is 0.350. The van der Waals surface area contributed by atoms with Gasteiger partial charge in [-0.25, -0.2) is 0 Å². The molecule has 5 heteroatoms. The molecule has 0 aliphatic heterocycles. The number of nitrogens with zero attached hydrogens (tertiary/aromatic N) is 1. The van der Waals surface area contributed by atoms with Crippen molar-refractivity contribution in [2.75, 3.05) is 11.9 Å². The SMILES string of the molecule is CCCN=C(CC)Nc1cc(C)c(Oc2ccc(Cl)c(Cl)c2)cc1C. The molecule has 0 aliphatic rings. The van der Waals surface area contributed by atoms with Crippen LogP contribution in [0.25, 0.3) is 0 Å². The molecule has 0 unspecified atom stereocenters. The summed E-state index contributed by atoms with van der Waals surface area (Å²) in [6, 6.07) is 9.36. The van der Waals surface area contributed by atoms with Crippen LogP contribution in [-0.4, -0.2) is 12.4 Å². The van der Waals surface area contributed by atoms with Crippen molar-refractivity contribution >= 4 is 34.7 Å². The van der Waals surface area contributed by atoms with Gasteiger partial charge in [-0.1, -0.05) is 37.0 Å². The number of aliphatic imine (C=N–C) groups is 1. The second-order valence-corrected chi connectivity index (χ2v) is 6.73. The van der Waals surface area contributed by atoms with Crippen molar-refractivity contribution in [3.63, 3.8) is 0 Å². The Kier molecular flexibility index (Phi) is 7.15. The van der Waals surface area contributed by atoms with E-state index in [2.05, 4.69) is 37.1 Å². The van der Waals surface area contributed by atoms with E-state index in [1.54, 1.807) is 12.1 Å². The molecule has 0 spiro atoms. The lowest BCUT2D eigenvalue weighted by atomic mass is 10.1. The Bertz CT molecular complexity index is 773. The molecule has 0 aromatic heterocycles. The highest BCUT2D eigenvalue weighted by atomic mass is 35.5. The zero-order valence-electron chi connectivity index (χ0n) is 15.1. The first kappa shape index (κ1) is 19.6. The average molecular weight is 379 g/mol. The lowest BCUT2D eigenvalue weighted by Gasteiger charge is -2.16. The first-order valence-corrected chi connectivity index (χ1v) is 9.24. The van der Waals surface area contributed by atoms with Gasteiger partial charge < -0.3 is 10.1 Å². The Morgan fingerprint density at radius 2 is 1.80 bits per heavy atom. The molecule has 0 radical (unpaired) electrons. The van der Waals surface area contributed by atoms with Crippen LogP contribution in [0.1, 0.15) is 37.8 Å². The minimum absolute atomic E-state index is 0.478. The first-order valence-electron chi connectivity index (χ1n) is 8.49. The molecular formula is C20H24Cl2N2O. The van der Waals surface area contributed by atoms with E-state index in [1.807, 2.05) is 19.1 Å². The summed E-state index contributed by atoms with van der Waals surface area (Å²) >= 11 is 12.0. The summed E-state index contributed by atoms with van der Waals surface area (Å²) in [7, 11) is 0. The van der Waals surface area contributed by atoms with Gasteiger partial charge in [-0.3, -0.25) is 4.99 Å². The molecule has 3 nitrogen and oxygen atoms in total. The molecule has 2 aromatic rings. The van der Waals surface area contributed by atoms with Crippen molar-refractivity contribution in [2.45, 2.75) is 40.5 Å². The lowest BCUT2D eigenvalue weighted by Crippen LogP contribution is -2.12. The van der Waals surface area contributed by atoms with Gasteiger partial charge in [-0.15, -0.1) is 0 Å². The summed E-state index contributed by atoms with van der Waals surface area (Å²) in [6.07, 6.45) is 1.92. The summed E-state index contributed by atoms with van der Waals surface area (Å²) in [4.78, 5) is 4.58. The summed E-state index contributed by atoms with van der Waals surface area (Å²) in [5, 5.41) is 4.43. The largest absolute Gasteiger partial charge is 0.457 e. The second-order valence-electron chi connectivity index (χ2n) is 5.92.